The lowest BCUT2D eigenvalue weighted by atomic mass is 9.91. The first-order valence-corrected chi connectivity index (χ1v) is 11.1. The summed E-state index contributed by atoms with van der Waals surface area (Å²) in [7, 11) is 0. The Morgan fingerprint density at radius 2 is 1.94 bits per heavy atom. The third-order valence-electron chi connectivity index (χ3n) is 5.96. The molecule has 1 aliphatic heterocycles. The van der Waals surface area contributed by atoms with Crippen LogP contribution in [0.3, 0.4) is 0 Å². The van der Waals surface area contributed by atoms with Crippen LogP contribution in [0.25, 0.3) is 11.0 Å². The van der Waals surface area contributed by atoms with E-state index in [1.54, 1.807) is 6.07 Å². The van der Waals surface area contributed by atoms with Crippen LogP contribution in [0.4, 0.5) is 0 Å². The lowest BCUT2D eigenvalue weighted by molar-refractivity contribution is -0.138. The van der Waals surface area contributed by atoms with Gasteiger partial charge in [-0.3, -0.25) is 9.59 Å². The van der Waals surface area contributed by atoms with Gasteiger partial charge in [0, 0.05) is 23.6 Å². The van der Waals surface area contributed by atoms with Crippen LogP contribution in [0, 0.1) is 6.92 Å². The van der Waals surface area contributed by atoms with Crippen LogP contribution in [0.15, 0.2) is 45.6 Å². The highest BCUT2D eigenvalue weighted by Gasteiger charge is 2.31. The Hall–Kier alpha value is -3.81. The minimum Gasteiger partial charge on any atom is -0.487 e. The SMILES string of the molecule is Cc1c(Cc2ccccc2)c(=O)oc2c3c(cc(OCC(=O)NCC(=O)O)c12)OC(C)(C)CC3. The van der Waals surface area contributed by atoms with E-state index in [2.05, 4.69) is 5.32 Å². The van der Waals surface area contributed by atoms with E-state index < -0.39 is 36.3 Å². The van der Waals surface area contributed by atoms with Crippen LogP contribution in [-0.4, -0.2) is 35.7 Å². The summed E-state index contributed by atoms with van der Waals surface area (Å²) in [4.78, 5) is 35.8. The molecule has 0 saturated heterocycles. The molecule has 0 spiro atoms. The predicted molar refractivity (Wildman–Crippen MR) is 126 cm³/mol. The number of benzene rings is 2. The lowest BCUT2D eigenvalue weighted by Gasteiger charge is -2.33. The lowest BCUT2D eigenvalue weighted by Crippen LogP contribution is -2.34. The number of rotatable bonds is 7. The fourth-order valence-electron chi connectivity index (χ4n) is 4.17. The summed E-state index contributed by atoms with van der Waals surface area (Å²) in [6.45, 7) is 4.90. The summed E-state index contributed by atoms with van der Waals surface area (Å²) in [5.74, 6) is -0.837. The molecular formula is C26H27NO7. The van der Waals surface area contributed by atoms with Gasteiger partial charge in [-0.2, -0.15) is 0 Å². The van der Waals surface area contributed by atoms with Crippen LogP contribution in [0.1, 0.15) is 42.5 Å². The fraction of sp³-hybridized carbons (Fsp3) is 0.346. The number of amides is 1. The Labute approximate surface area is 196 Å². The zero-order valence-electron chi connectivity index (χ0n) is 19.4. The highest BCUT2D eigenvalue weighted by molar-refractivity contribution is 5.92. The van der Waals surface area contributed by atoms with Gasteiger partial charge in [0.25, 0.3) is 5.91 Å². The first-order valence-electron chi connectivity index (χ1n) is 11.1. The van der Waals surface area contributed by atoms with Crippen molar-refractivity contribution < 1.29 is 28.6 Å². The number of carbonyl (C=O) groups excluding carboxylic acids is 1. The molecule has 8 nitrogen and oxygen atoms in total. The molecule has 2 N–H and O–H groups in total. The topological polar surface area (TPSA) is 115 Å². The molecule has 0 bridgehead atoms. The van der Waals surface area contributed by atoms with Crippen molar-refractivity contribution in [2.24, 2.45) is 0 Å². The van der Waals surface area contributed by atoms with Gasteiger partial charge in [-0.05, 0) is 44.7 Å². The number of nitrogens with one attached hydrogen (secondary N) is 1. The van der Waals surface area contributed by atoms with Crippen LogP contribution < -0.4 is 20.4 Å². The van der Waals surface area contributed by atoms with Crippen LogP contribution >= 0.6 is 0 Å². The molecule has 8 heteroatoms. The second kappa shape index (κ2) is 9.21. The number of carboxylic acids is 1. The van der Waals surface area contributed by atoms with E-state index in [4.69, 9.17) is 19.0 Å². The molecule has 0 saturated carbocycles. The number of aliphatic carboxylic acids is 1. The van der Waals surface area contributed by atoms with E-state index in [1.807, 2.05) is 51.1 Å². The van der Waals surface area contributed by atoms with E-state index in [0.717, 1.165) is 17.5 Å². The molecule has 3 aromatic rings. The highest BCUT2D eigenvalue weighted by atomic mass is 16.5. The van der Waals surface area contributed by atoms with E-state index in [0.29, 0.717) is 46.4 Å². The summed E-state index contributed by atoms with van der Waals surface area (Å²) in [6.07, 6.45) is 1.81. The van der Waals surface area contributed by atoms with Crippen LogP contribution in [0.5, 0.6) is 11.5 Å². The van der Waals surface area contributed by atoms with Gasteiger partial charge in [0.2, 0.25) is 0 Å². The summed E-state index contributed by atoms with van der Waals surface area (Å²) in [6, 6.07) is 11.3. The Kier molecular flexibility index (Phi) is 6.32. The highest BCUT2D eigenvalue weighted by Crippen LogP contribution is 2.43. The van der Waals surface area contributed by atoms with Gasteiger partial charge in [0.05, 0.1) is 5.39 Å². The van der Waals surface area contributed by atoms with Crippen LogP contribution in [0.2, 0.25) is 0 Å². The number of fused-ring (bicyclic) bond motifs is 3. The number of hydrogen-bond acceptors (Lipinski definition) is 6. The fourth-order valence-corrected chi connectivity index (χ4v) is 4.17. The van der Waals surface area contributed by atoms with Crippen molar-refractivity contribution >= 4 is 22.8 Å². The normalized spacial score (nSPS) is 14.2. The number of aryl methyl sites for hydroxylation is 2. The van der Waals surface area contributed by atoms with E-state index >= 15 is 0 Å². The maximum absolute atomic E-state index is 13.0. The third-order valence-corrected chi connectivity index (χ3v) is 5.96. The van der Waals surface area contributed by atoms with Gasteiger partial charge in [0.15, 0.2) is 6.61 Å². The first-order chi connectivity index (χ1) is 16.1. The van der Waals surface area contributed by atoms with Crippen molar-refractivity contribution in [2.75, 3.05) is 13.2 Å². The van der Waals surface area contributed by atoms with Crippen molar-refractivity contribution in [1.29, 1.82) is 0 Å². The predicted octanol–water partition coefficient (Wildman–Crippen LogP) is 3.38. The molecule has 4 rings (SSSR count). The summed E-state index contributed by atoms with van der Waals surface area (Å²) >= 11 is 0. The third kappa shape index (κ3) is 4.90. The average Bonchev–Trinajstić information content (AvgIpc) is 2.78. The zero-order valence-corrected chi connectivity index (χ0v) is 19.4. The zero-order chi connectivity index (χ0) is 24.5. The Balaban J connectivity index is 1.80. The largest absolute Gasteiger partial charge is 0.487 e. The molecule has 2 heterocycles. The second-order valence-corrected chi connectivity index (χ2v) is 9.03. The maximum Gasteiger partial charge on any atom is 0.340 e. The Bertz CT molecular complexity index is 1310. The summed E-state index contributed by atoms with van der Waals surface area (Å²) in [5, 5.41) is 11.7. The molecule has 1 aliphatic rings. The molecule has 178 valence electrons. The molecule has 0 radical (unpaired) electrons. The summed E-state index contributed by atoms with van der Waals surface area (Å²) in [5.41, 5.74) is 2.56. The molecule has 1 amide bonds. The Morgan fingerprint density at radius 1 is 1.21 bits per heavy atom. The second-order valence-electron chi connectivity index (χ2n) is 9.03. The van der Waals surface area contributed by atoms with Gasteiger partial charge < -0.3 is 24.3 Å². The van der Waals surface area contributed by atoms with E-state index in [9.17, 15) is 14.4 Å². The minimum atomic E-state index is -1.15. The van der Waals surface area contributed by atoms with Gasteiger partial charge in [0.1, 0.15) is 29.2 Å². The van der Waals surface area contributed by atoms with Crippen LogP contribution in [-0.2, 0) is 22.4 Å². The van der Waals surface area contributed by atoms with Gasteiger partial charge in [-0.15, -0.1) is 0 Å². The molecule has 1 aromatic heterocycles. The quantitative estimate of drug-likeness (QED) is 0.514. The molecule has 0 atom stereocenters. The van der Waals surface area contributed by atoms with Crippen molar-refractivity contribution in [3.8, 4) is 11.5 Å². The maximum atomic E-state index is 13.0. The molecule has 0 aliphatic carbocycles. The average molecular weight is 466 g/mol. The molecule has 34 heavy (non-hydrogen) atoms. The van der Waals surface area contributed by atoms with Crippen molar-refractivity contribution in [3.63, 3.8) is 0 Å². The van der Waals surface area contributed by atoms with Gasteiger partial charge in [-0.25, -0.2) is 4.79 Å². The monoisotopic (exact) mass is 465 g/mol. The van der Waals surface area contributed by atoms with E-state index in [-0.39, 0.29) is 0 Å². The van der Waals surface area contributed by atoms with Crippen molar-refractivity contribution in [3.05, 3.63) is 69.1 Å². The standard InChI is InChI=1S/C26H27NO7/c1-15-18(11-16-7-5-4-6-8-16)25(31)33-24-17-9-10-26(2,3)34-19(17)12-20(23(15)24)32-14-21(28)27-13-22(29)30/h4-8,12H,9-11,13-14H2,1-3H3,(H,27,28)(H,29,30). The minimum absolute atomic E-state index is 0.340. The van der Waals surface area contributed by atoms with Crippen molar-refractivity contribution in [1.82, 2.24) is 5.32 Å². The molecule has 0 unspecified atom stereocenters. The molecule has 2 aromatic carbocycles. The number of carbonyl (C=O) groups is 2. The molecular weight excluding hydrogens is 438 g/mol. The number of ether oxygens (including phenoxy) is 2. The van der Waals surface area contributed by atoms with E-state index in [1.165, 1.54) is 0 Å². The molecule has 0 fully saturated rings. The van der Waals surface area contributed by atoms with Gasteiger partial charge in [-0.1, -0.05) is 30.3 Å². The van der Waals surface area contributed by atoms with Crippen molar-refractivity contribution in [2.45, 2.75) is 45.6 Å². The summed E-state index contributed by atoms with van der Waals surface area (Å²) < 4.78 is 17.8. The number of carboxylic acid groups (broad SMARTS) is 1. The smallest absolute Gasteiger partial charge is 0.340 e. The van der Waals surface area contributed by atoms with Gasteiger partial charge >= 0.3 is 11.6 Å². The first kappa shape index (κ1) is 23.4. The Morgan fingerprint density at radius 3 is 2.65 bits per heavy atom. The number of hydrogen-bond donors (Lipinski definition) is 2.